The van der Waals surface area contributed by atoms with Crippen molar-refractivity contribution in [1.29, 1.82) is 0 Å². The molecule has 3 aromatic rings. The zero-order chi connectivity index (χ0) is 21.4. The molecule has 10 nitrogen and oxygen atoms in total. The third-order valence-electron chi connectivity index (χ3n) is 4.74. The number of allylic oxidation sites excluding steroid dienone is 1. The number of non-ortho nitro benzene ring substituents is 1. The fourth-order valence-corrected chi connectivity index (χ4v) is 3.31. The Morgan fingerprint density at radius 3 is 2.60 bits per heavy atom. The Hall–Kier alpha value is -4.34. The van der Waals surface area contributed by atoms with E-state index >= 15 is 0 Å². The molecular formula is C20H14N4O6. The maximum atomic E-state index is 12.8. The van der Waals surface area contributed by atoms with Crippen LogP contribution in [0.25, 0.3) is 22.6 Å². The zero-order valence-electron chi connectivity index (χ0n) is 15.4. The summed E-state index contributed by atoms with van der Waals surface area (Å²) in [5, 5.41) is 22.1. The van der Waals surface area contributed by atoms with Crippen molar-refractivity contribution in [2.24, 2.45) is 0 Å². The minimum atomic E-state index is -1.62. The molecule has 2 aromatic carbocycles. The molecule has 4 rings (SSSR count). The summed E-state index contributed by atoms with van der Waals surface area (Å²) in [5.41, 5.74) is 1.82. The standard InChI is InChI=1S/C20H14N4O6/c25-18(20(27)28)21-13-3-6-15-16(10-13)22-17-12(7-8-23(17)19(15)26)9-11-1-4-14(5-2-11)24(29)30/h1-6,9-10H,7-8H2,(H,21,25)(H,27,28)/b12-9+. The number of nitrogens with one attached hydrogen (secondary N) is 1. The van der Waals surface area contributed by atoms with E-state index in [1.54, 1.807) is 16.7 Å². The first-order valence-corrected chi connectivity index (χ1v) is 8.88. The van der Waals surface area contributed by atoms with E-state index in [0.717, 1.165) is 11.1 Å². The van der Waals surface area contributed by atoms with E-state index in [2.05, 4.69) is 10.3 Å². The van der Waals surface area contributed by atoms with Crippen molar-refractivity contribution >= 4 is 45.8 Å². The lowest BCUT2D eigenvalue weighted by atomic mass is 10.1. The number of fused-ring (bicyclic) bond motifs is 2. The molecule has 150 valence electrons. The topological polar surface area (TPSA) is 144 Å². The van der Waals surface area contributed by atoms with Crippen LogP contribution >= 0.6 is 0 Å². The maximum absolute atomic E-state index is 12.8. The molecule has 0 bridgehead atoms. The van der Waals surface area contributed by atoms with Gasteiger partial charge < -0.3 is 10.4 Å². The molecule has 0 aliphatic carbocycles. The van der Waals surface area contributed by atoms with Gasteiger partial charge in [-0.15, -0.1) is 0 Å². The normalized spacial score (nSPS) is 13.9. The first-order valence-electron chi connectivity index (χ1n) is 8.88. The number of amides is 1. The summed E-state index contributed by atoms with van der Waals surface area (Å²) in [5.74, 6) is -2.34. The predicted octanol–water partition coefficient (Wildman–Crippen LogP) is 2.27. The SMILES string of the molecule is O=C(O)C(=O)Nc1ccc2c(=O)n3c(nc2c1)/C(=C/c1ccc([N+](=O)[O-])cc1)CC3. The number of rotatable bonds is 3. The van der Waals surface area contributed by atoms with Crippen LogP contribution in [0.3, 0.4) is 0 Å². The van der Waals surface area contributed by atoms with Gasteiger partial charge in [0, 0.05) is 24.4 Å². The number of hydrogen-bond acceptors (Lipinski definition) is 6. The number of carboxylic acid groups (broad SMARTS) is 1. The molecule has 2 N–H and O–H groups in total. The Balaban J connectivity index is 1.75. The molecule has 0 atom stereocenters. The van der Waals surface area contributed by atoms with Gasteiger partial charge in [-0.25, -0.2) is 9.78 Å². The molecule has 1 aromatic heterocycles. The quantitative estimate of drug-likeness (QED) is 0.385. The second-order valence-electron chi connectivity index (χ2n) is 6.65. The van der Waals surface area contributed by atoms with Gasteiger partial charge in [-0.2, -0.15) is 0 Å². The number of nitro groups is 1. The van der Waals surface area contributed by atoms with Gasteiger partial charge in [-0.05, 0) is 54.0 Å². The number of aromatic nitrogens is 2. The van der Waals surface area contributed by atoms with Crippen LogP contribution < -0.4 is 10.9 Å². The van der Waals surface area contributed by atoms with Crippen molar-refractivity contribution in [3.05, 3.63) is 74.3 Å². The van der Waals surface area contributed by atoms with E-state index in [1.807, 2.05) is 6.08 Å². The highest BCUT2D eigenvalue weighted by molar-refractivity contribution is 6.36. The van der Waals surface area contributed by atoms with Crippen LogP contribution in [-0.4, -0.2) is 31.5 Å². The van der Waals surface area contributed by atoms with Crippen molar-refractivity contribution in [2.45, 2.75) is 13.0 Å². The number of carboxylic acids is 1. The summed E-state index contributed by atoms with van der Waals surface area (Å²) in [6.07, 6.45) is 2.38. The Bertz CT molecular complexity index is 1310. The number of benzene rings is 2. The van der Waals surface area contributed by atoms with Crippen LogP contribution in [0.5, 0.6) is 0 Å². The molecule has 2 heterocycles. The minimum Gasteiger partial charge on any atom is -0.474 e. The van der Waals surface area contributed by atoms with Crippen molar-refractivity contribution in [3.8, 4) is 0 Å². The van der Waals surface area contributed by atoms with Crippen molar-refractivity contribution < 1.29 is 19.6 Å². The number of carbonyl (C=O) groups excluding carboxylic acids is 1. The first-order chi connectivity index (χ1) is 14.3. The van der Waals surface area contributed by atoms with Gasteiger partial charge in [0.2, 0.25) is 0 Å². The third kappa shape index (κ3) is 3.41. The van der Waals surface area contributed by atoms with E-state index in [-0.39, 0.29) is 16.9 Å². The van der Waals surface area contributed by atoms with Gasteiger partial charge >= 0.3 is 11.9 Å². The van der Waals surface area contributed by atoms with Crippen LogP contribution in [-0.2, 0) is 16.1 Å². The minimum absolute atomic E-state index is 0.0137. The van der Waals surface area contributed by atoms with Crippen LogP contribution in [0, 0.1) is 10.1 Å². The fraction of sp³-hybridized carbons (Fsp3) is 0.100. The molecule has 1 amide bonds. The van der Waals surface area contributed by atoms with Crippen LogP contribution in [0.4, 0.5) is 11.4 Å². The highest BCUT2D eigenvalue weighted by Gasteiger charge is 2.21. The van der Waals surface area contributed by atoms with E-state index in [1.165, 1.54) is 30.3 Å². The van der Waals surface area contributed by atoms with Gasteiger partial charge in [0.05, 0.1) is 15.8 Å². The summed E-state index contributed by atoms with van der Waals surface area (Å²) < 4.78 is 1.55. The summed E-state index contributed by atoms with van der Waals surface area (Å²) in [4.78, 5) is 49.8. The summed E-state index contributed by atoms with van der Waals surface area (Å²) in [6, 6.07) is 10.4. The van der Waals surface area contributed by atoms with Crippen LogP contribution in [0.15, 0.2) is 47.3 Å². The van der Waals surface area contributed by atoms with Gasteiger partial charge in [0.1, 0.15) is 5.82 Å². The summed E-state index contributed by atoms with van der Waals surface area (Å²) in [6.45, 7) is 0.452. The molecule has 30 heavy (non-hydrogen) atoms. The van der Waals surface area contributed by atoms with Crippen LogP contribution in [0.2, 0.25) is 0 Å². The average Bonchev–Trinajstić information content (AvgIpc) is 3.11. The molecule has 1 aliphatic rings. The Morgan fingerprint density at radius 2 is 1.93 bits per heavy atom. The zero-order valence-corrected chi connectivity index (χ0v) is 15.4. The number of nitrogens with zero attached hydrogens (tertiary/aromatic N) is 3. The molecule has 0 fully saturated rings. The van der Waals surface area contributed by atoms with E-state index < -0.39 is 16.8 Å². The highest BCUT2D eigenvalue weighted by atomic mass is 16.6. The number of anilines is 1. The van der Waals surface area contributed by atoms with Crippen molar-refractivity contribution in [1.82, 2.24) is 9.55 Å². The van der Waals surface area contributed by atoms with Crippen molar-refractivity contribution in [3.63, 3.8) is 0 Å². The van der Waals surface area contributed by atoms with Crippen molar-refractivity contribution in [2.75, 3.05) is 5.32 Å². The molecule has 0 saturated carbocycles. The van der Waals surface area contributed by atoms with E-state index in [0.29, 0.717) is 29.7 Å². The largest absolute Gasteiger partial charge is 0.474 e. The smallest absolute Gasteiger partial charge is 0.394 e. The Kier molecular flexibility index (Phi) is 4.59. The molecule has 1 aliphatic heterocycles. The molecule has 0 unspecified atom stereocenters. The third-order valence-corrected chi connectivity index (χ3v) is 4.74. The van der Waals surface area contributed by atoms with Gasteiger partial charge in [-0.1, -0.05) is 0 Å². The number of carbonyl (C=O) groups is 2. The molecule has 0 saturated heterocycles. The van der Waals surface area contributed by atoms with Gasteiger partial charge in [0.25, 0.3) is 11.2 Å². The van der Waals surface area contributed by atoms with E-state index in [4.69, 9.17) is 5.11 Å². The molecule has 10 heteroatoms. The van der Waals surface area contributed by atoms with Crippen LogP contribution in [0.1, 0.15) is 17.8 Å². The summed E-state index contributed by atoms with van der Waals surface area (Å²) in [7, 11) is 0. The molecule has 0 radical (unpaired) electrons. The van der Waals surface area contributed by atoms with E-state index in [9.17, 15) is 24.5 Å². The Labute approximate surface area is 168 Å². The predicted molar refractivity (Wildman–Crippen MR) is 108 cm³/mol. The maximum Gasteiger partial charge on any atom is 0.394 e. The fourth-order valence-electron chi connectivity index (χ4n) is 3.31. The summed E-state index contributed by atoms with van der Waals surface area (Å²) >= 11 is 0. The second-order valence-corrected chi connectivity index (χ2v) is 6.65. The molecule has 0 spiro atoms. The number of nitro benzene ring substituents is 1. The molecular weight excluding hydrogens is 392 g/mol. The lowest BCUT2D eigenvalue weighted by Crippen LogP contribution is -2.23. The lowest BCUT2D eigenvalue weighted by Gasteiger charge is -2.08. The monoisotopic (exact) mass is 406 g/mol. The van der Waals surface area contributed by atoms with Gasteiger partial charge in [-0.3, -0.25) is 24.3 Å². The average molecular weight is 406 g/mol. The Morgan fingerprint density at radius 1 is 1.20 bits per heavy atom. The highest BCUT2D eigenvalue weighted by Crippen LogP contribution is 2.28. The first kappa shape index (κ1) is 19.0. The number of hydrogen-bond donors (Lipinski definition) is 2. The lowest BCUT2D eigenvalue weighted by molar-refractivity contribution is -0.384. The second kappa shape index (κ2) is 7.24. The van der Waals surface area contributed by atoms with Gasteiger partial charge in [0.15, 0.2) is 0 Å². The number of aliphatic carboxylic acids is 1.